The molecule has 1 N–H and O–H groups in total. The Morgan fingerprint density at radius 2 is 1.70 bits per heavy atom. The molecule has 1 aliphatic heterocycles. The summed E-state index contributed by atoms with van der Waals surface area (Å²) in [6.45, 7) is 6.01. The number of ether oxygens (including phenoxy) is 1. The van der Waals surface area contributed by atoms with E-state index in [1.165, 1.54) is 6.92 Å². The average Bonchev–Trinajstić information content (AvgIpc) is 2.75. The molecule has 2 amide bonds. The van der Waals surface area contributed by atoms with Gasteiger partial charge in [0.15, 0.2) is 6.61 Å². The predicted octanol–water partition coefficient (Wildman–Crippen LogP) is 3.37. The Balaban J connectivity index is 1.70. The lowest BCUT2D eigenvalue weighted by molar-refractivity contribution is -0.156. The lowest BCUT2D eigenvalue weighted by Crippen LogP contribution is -2.49. The van der Waals surface area contributed by atoms with Gasteiger partial charge in [0.1, 0.15) is 0 Å². The molecule has 0 saturated carbocycles. The SMILES string of the molecule is CC(=O)N1CCC(C(=O)OCC(=O)Nc2cc(C)ccc2C)(c2ccccc2)CC1. The van der Waals surface area contributed by atoms with Gasteiger partial charge in [0.05, 0.1) is 5.41 Å². The maximum atomic E-state index is 13.2. The summed E-state index contributed by atoms with van der Waals surface area (Å²) in [5, 5.41) is 2.81. The first-order valence-electron chi connectivity index (χ1n) is 10.2. The number of nitrogens with one attached hydrogen (secondary N) is 1. The van der Waals surface area contributed by atoms with Crippen LogP contribution in [0, 0.1) is 13.8 Å². The third-order valence-corrected chi connectivity index (χ3v) is 5.78. The zero-order chi connectivity index (χ0) is 21.7. The lowest BCUT2D eigenvalue weighted by Gasteiger charge is -2.40. The summed E-state index contributed by atoms with van der Waals surface area (Å²) in [5.74, 6) is -0.799. The number of carbonyl (C=O) groups is 3. The van der Waals surface area contributed by atoms with Crippen molar-refractivity contribution in [3.05, 3.63) is 65.2 Å². The van der Waals surface area contributed by atoms with E-state index in [-0.39, 0.29) is 18.4 Å². The fourth-order valence-electron chi connectivity index (χ4n) is 3.90. The molecular weight excluding hydrogens is 380 g/mol. The van der Waals surface area contributed by atoms with Gasteiger partial charge in [-0.1, -0.05) is 42.5 Å². The number of aryl methyl sites for hydroxylation is 2. The molecule has 0 radical (unpaired) electrons. The Labute approximate surface area is 177 Å². The highest BCUT2D eigenvalue weighted by Crippen LogP contribution is 2.37. The summed E-state index contributed by atoms with van der Waals surface area (Å²) in [6.07, 6.45) is 0.933. The number of hydrogen-bond acceptors (Lipinski definition) is 4. The van der Waals surface area contributed by atoms with Crippen LogP contribution in [0.2, 0.25) is 0 Å². The highest BCUT2D eigenvalue weighted by atomic mass is 16.5. The fourth-order valence-corrected chi connectivity index (χ4v) is 3.90. The highest BCUT2D eigenvalue weighted by Gasteiger charge is 2.44. The highest BCUT2D eigenvalue weighted by molar-refractivity contribution is 5.94. The number of benzene rings is 2. The van der Waals surface area contributed by atoms with Gasteiger partial charge in [0.25, 0.3) is 5.91 Å². The van der Waals surface area contributed by atoms with E-state index in [1.54, 1.807) is 4.90 Å². The van der Waals surface area contributed by atoms with Crippen LogP contribution in [0.1, 0.15) is 36.5 Å². The summed E-state index contributed by atoms with van der Waals surface area (Å²) in [4.78, 5) is 39.0. The molecule has 1 heterocycles. The van der Waals surface area contributed by atoms with E-state index in [1.807, 2.05) is 62.4 Å². The molecule has 2 aromatic rings. The molecule has 2 aromatic carbocycles. The Morgan fingerprint density at radius 1 is 1.03 bits per heavy atom. The van der Waals surface area contributed by atoms with Gasteiger partial charge in [-0.3, -0.25) is 14.4 Å². The molecule has 1 saturated heterocycles. The minimum Gasteiger partial charge on any atom is -0.455 e. The Bertz CT molecular complexity index is 931. The van der Waals surface area contributed by atoms with Crippen molar-refractivity contribution in [2.75, 3.05) is 25.0 Å². The second-order valence-corrected chi connectivity index (χ2v) is 7.90. The number of piperidine rings is 1. The third kappa shape index (κ3) is 4.70. The Hall–Kier alpha value is -3.15. The van der Waals surface area contributed by atoms with E-state index < -0.39 is 11.4 Å². The van der Waals surface area contributed by atoms with Gasteiger partial charge in [-0.15, -0.1) is 0 Å². The van der Waals surface area contributed by atoms with Crippen molar-refractivity contribution in [1.82, 2.24) is 4.90 Å². The lowest BCUT2D eigenvalue weighted by atomic mass is 9.72. The van der Waals surface area contributed by atoms with Gasteiger partial charge in [-0.25, -0.2) is 0 Å². The molecule has 0 unspecified atom stereocenters. The predicted molar refractivity (Wildman–Crippen MR) is 115 cm³/mol. The average molecular weight is 408 g/mol. The summed E-state index contributed by atoms with van der Waals surface area (Å²) in [7, 11) is 0. The van der Waals surface area contributed by atoms with Crippen LogP contribution < -0.4 is 5.32 Å². The van der Waals surface area contributed by atoms with Crippen molar-refractivity contribution in [1.29, 1.82) is 0 Å². The van der Waals surface area contributed by atoms with Gasteiger partial charge in [-0.05, 0) is 49.4 Å². The molecule has 0 atom stereocenters. The van der Waals surface area contributed by atoms with Crippen molar-refractivity contribution in [3.63, 3.8) is 0 Å². The van der Waals surface area contributed by atoms with Crippen molar-refractivity contribution < 1.29 is 19.1 Å². The summed E-state index contributed by atoms with van der Waals surface area (Å²) < 4.78 is 5.48. The first-order chi connectivity index (χ1) is 14.3. The zero-order valence-corrected chi connectivity index (χ0v) is 17.7. The molecule has 0 aromatic heterocycles. The molecular formula is C24H28N2O4. The standard InChI is InChI=1S/C24H28N2O4/c1-17-9-10-18(2)21(15-17)25-22(28)16-30-23(29)24(20-7-5-4-6-8-20)11-13-26(14-12-24)19(3)27/h4-10,15H,11-14,16H2,1-3H3,(H,25,28). The first kappa shape index (κ1) is 21.6. The maximum absolute atomic E-state index is 13.2. The molecule has 0 bridgehead atoms. The second kappa shape index (κ2) is 9.11. The molecule has 6 heteroatoms. The number of amides is 2. The minimum atomic E-state index is -0.854. The maximum Gasteiger partial charge on any atom is 0.317 e. The Kier molecular flexibility index (Phi) is 6.55. The summed E-state index contributed by atoms with van der Waals surface area (Å²) >= 11 is 0. The number of carbonyl (C=O) groups excluding carboxylic acids is 3. The van der Waals surface area contributed by atoms with E-state index in [9.17, 15) is 14.4 Å². The van der Waals surface area contributed by atoms with E-state index in [0.717, 1.165) is 16.7 Å². The van der Waals surface area contributed by atoms with Gasteiger partial charge < -0.3 is 15.0 Å². The van der Waals surface area contributed by atoms with Crippen molar-refractivity contribution >= 4 is 23.5 Å². The zero-order valence-electron chi connectivity index (χ0n) is 17.7. The largest absolute Gasteiger partial charge is 0.455 e. The van der Waals surface area contributed by atoms with Crippen LogP contribution in [-0.4, -0.2) is 42.4 Å². The molecule has 1 aliphatic rings. The molecule has 158 valence electrons. The smallest absolute Gasteiger partial charge is 0.317 e. The quantitative estimate of drug-likeness (QED) is 0.770. The van der Waals surface area contributed by atoms with Crippen molar-refractivity contribution in [3.8, 4) is 0 Å². The van der Waals surface area contributed by atoms with Gasteiger partial charge >= 0.3 is 5.97 Å². The van der Waals surface area contributed by atoms with Crippen LogP contribution in [0.4, 0.5) is 5.69 Å². The molecule has 1 fully saturated rings. The number of anilines is 1. The number of hydrogen-bond donors (Lipinski definition) is 1. The van der Waals surface area contributed by atoms with Gasteiger partial charge in [0, 0.05) is 25.7 Å². The van der Waals surface area contributed by atoms with E-state index in [4.69, 9.17) is 4.74 Å². The van der Waals surface area contributed by atoms with Gasteiger partial charge in [0.2, 0.25) is 5.91 Å². The van der Waals surface area contributed by atoms with E-state index in [2.05, 4.69) is 5.32 Å². The summed E-state index contributed by atoms with van der Waals surface area (Å²) in [5.41, 5.74) is 2.69. The van der Waals surface area contributed by atoms with Crippen LogP contribution in [-0.2, 0) is 24.5 Å². The molecule has 6 nitrogen and oxygen atoms in total. The molecule has 0 spiro atoms. The van der Waals surface area contributed by atoms with Gasteiger partial charge in [-0.2, -0.15) is 0 Å². The van der Waals surface area contributed by atoms with Crippen LogP contribution in [0.3, 0.4) is 0 Å². The molecule has 0 aliphatic carbocycles. The van der Waals surface area contributed by atoms with E-state index >= 15 is 0 Å². The van der Waals surface area contributed by atoms with Crippen molar-refractivity contribution in [2.45, 2.75) is 39.0 Å². The summed E-state index contributed by atoms with van der Waals surface area (Å²) in [6, 6.07) is 15.3. The molecule has 30 heavy (non-hydrogen) atoms. The topological polar surface area (TPSA) is 75.7 Å². The fraction of sp³-hybridized carbons (Fsp3) is 0.375. The first-order valence-corrected chi connectivity index (χ1v) is 10.2. The number of rotatable bonds is 5. The molecule has 3 rings (SSSR count). The van der Waals surface area contributed by atoms with Crippen LogP contribution in [0.5, 0.6) is 0 Å². The number of esters is 1. The Morgan fingerprint density at radius 3 is 2.33 bits per heavy atom. The second-order valence-electron chi connectivity index (χ2n) is 7.90. The van der Waals surface area contributed by atoms with Crippen LogP contribution in [0.15, 0.2) is 48.5 Å². The number of nitrogens with zero attached hydrogens (tertiary/aromatic N) is 1. The number of likely N-dealkylation sites (tertiary alicyclic amines) is 1. The third-order valence-electron chi connectivity index (χ3n) is 5.78. The van der Waals surface area contributed by atoms with Crippen molar-refractivity contribution in [2.24, 2.45) is 0 Å². The van der Waals surface area contributed by atoms with Crippen LogP contribution >= 0.6 is 0 Å². The minimum absolute atomic E-state index is 0.00192. The monoisotopic (exact) mass is 408 g/mol. The van der Waals surface area contributed by atoms with E-state index in [0.29, 0.717) is 31.6 Å². The van der Waals surface area contributed by atoms with Crippen LogP contribution in [0.25, 0.3) is 0 Å². The normalized spacial score (nSPS) is 15.4.